The summed E-state index contributed by atoms with van der Waals surface area (Å²) in [6.07, 6.45) is -0.209. The first-order chi connectivity index (χ1) is 9.82. The van der Waals surface area contributed by atoms with Crippen molar-refractivity contribution in [2.45, 2.75) is 38.3 Å². The second kappa shape index (κ2) is 6.99. The van der Waals surface area contributed by atoms with E-state index < -0.39 is 23.5 Å². The normalized spacial score (nSPS) is 15.0. The van der Waals surface area contributed by atoms with Gasteiger partial charge in [-0.05, 0) is 13.3 Å². The molecule has 6 nitrogen and oxygen atoms in total. The van der Waals surface area contributed by atoms with E-state index in [0.29, 0.717) is 5.56 Å². The molecular formula is C15H19NO5. The monoisotopic (exact) mass is 293 g/mol. The number of aliphatic carboxylic acids is 2. The number of hydrogen-bond donors (Lipinski definition) is 3. The van der Waals surface area contributed by atoms with Crippen LogP contribution < -0.4 is 5.32 Å². The lowest BCUT2D eigenvalue weighted by atomic mass is 9.87. The molecule has 1 aromatic carbocycles. The van der Waals surface area contributed by atoms with Gasteiger partial charge in [0.05, 0.1) is 0 Å². The molecule has 0 amide bonds. The van der Waals surface area contributed by atoms with E-state index in [0.717, 1.165) is 0 Å². The van der Waals surface area contributed by atoms with Crippen molar-refractivity contribution >= 4 is 17.7 Å². The first-order valence-corrected chi connectivity index (χ1v) is 6.64. The molecule has 0 heterocycles. The van der Waals surface area contributed by atoms with Crippen LogP contribution in [0.15, 0.2) is 30.3 Å². The van der Waals surface area contributed by atoms with E-state index in [1.165, 1.54) is 6.92 Å². The van der Waals surface area contributed by atoms with Crippen LogP contribution in [0, 0.1) is 0 Å². The number of carboxylic acids is 2. The van der Waals surface area contributed by atoms with Crippen LogP contribution >= 0.6 is 0 Å². The van der Waals surface area contributed by atoms with Gasteiger partial charge in [0.15, 0.2) is 5.78 Å². The third kappa shape index (κ3) is 4.13. The van der Waals surface area contributed by atoms with Crippen molar-refractivity contribution in [1.29, 1.82) is 0 Å². The summed E-state index contributed by atoms with van der Waals surface area (Å²) in [4.78, 5) is 34.7. The quantitative estimate of drug-likeness (QED) is 0.628. The zero-order chi connectivity index (χ0) is 16.0. The minimum absolute atomic E-state index is 0.0958. The first kappa shape index (κ1) is 16.8. The maximum Gasteiger partial charge on any atom is 0.324 e. The highest BCUT2D eigenvalue weighted by Crippen LogP contribution is 2.20. The van der Waals surface area contributed by atoms with Crippen molar-refractivity contribution in [1.82, 2.24) is 5.32 Å². The Labute approximate surface area is 122 Å². The molecule has 1 rings (SSSR count). The van der Waals surface area contributed by atoms with Crippen molar-refractivity contribution in [3.8, 4) is 0 Å². The summed E-state index contributed by atoms with van der Waals surface area (Å²) < 4.78 is 0. The van der Waals surface area contributed by atoms with E-state index in [4.69, 9.17) is 5.11 Å². The molecule has 0 aliphatic rings. The van der Waals surface area contributed by atoms with Crippen molar-refractivity contribution in [2.75, 3.05) is 0 Å². The van der Waals surface area contributed by atoms with Gasteiger partial charge in [0.2, 0.25) is 0 Å². The molecule has 0 radical (unpaired) electrons. The summed E-state index contributed by atoms with van der Waals surface area (Å²) in [6.45, 7) is 2.96. The van der Waals surface area contributed by atoms with Crippen molar-refractivity contribution in [2.24, 2.45) is 0 Å². The topological polar surface area (TPSA) is 104 Å². The van der Waals surface area contributed by atoms with E-state index in [1.807, 2.05) is 0 Å². The highest BCUT2D eigenvalue weighted by atomic mass is 16.4. The molecule has 0 aliphatic carbocycles. The molecule has 0 aliphatic heterocycles. The van der Waals surface area contributed by atoms with Crippen molar-refractivity contribution in [3.63, 3.8) is 0 Å². The molecule has 0 saturated carbocycles. The fraction of sp³-hybridized carbons (Fsp3) is 0.400. The molecule has 21 heavy (non-hydrogen) atoms. The second-order valence-electron chi connectivity index (χ2n) is 4.91. The van der Waals surface area contributed by atoms with Crippen molar-refractivity contribution < 1.29 is 24.6 Å². The molecule has 0 spiro atoms. The van der Waals surface area contributed by atoms with Crippen LogP contribution in [-0.2, 0) is 9.59 Å². The summed E-state index contributed by atoms with van der Waals surface area (Å²) in [6, 6.07) is 7.27. The highest BCUT2D eigenvalue weighted by Gasteiger charge is 2.41. The van der Waals surface area contributed by atoms with E-state index in [1.54, 1.807) is 37.3 Å². The van der Waals surface area contributed by atoms with Crippen LogP contribution in [0.25, 0.3) is 0 Å². The van der Waals surface area contributed by atoms with Gasteiger partial charge < -0.3 is 10.2 Å². The Morgan fingerprint density at radius 2 is 1.76 bits per heavy atom. The molecule has 2 atom stereocenters. The van der Waals surface area contributed by atoms with Gasteiger partial charge in [0.25, 0.3) is 0 Å². The van der Waals surface area contributed by atoms with Crippen molar-refractivity contribution in [3.05, 3.63) is 35.9 Å². The average Bonchev–Trinajstić information content (AvgIpc) is 2.46. The third-order valence-electron chi connectivity index (χ3n) is 3.43. The maximum absolute atomic E-state index is 12.2. The number of benzene rings is 1. The Balaban J connectivity index is 3.00. The maximum atomic E-state index is 12.2. The number of nitrogens with one attached hydrogen (secondary N) is 1. The summed E-state index contributed by atoms with van der Waals surface area (Å²) in [5, 5.41) is 20.9. The van der Waals surface area contributed by atoms with Crippen LogP contribution in [0.1, 0.15) is 37.0 Å². The number of carbonyl (C=O) groups is 3. The van der Waals surface area contributed by atoms with E-state index in [-0.39, 0.29) is 18.6 Å². The average molecular weight is 293 g/mol. The van der Waals surface area contributed by atoms with Crippen LogP contribution in [0.5, 0.6) is 0 Å². The van der Waals surface area contributed by atoms with Gasteiger partial charge in [-0.2, -0.15) is 0 Å². The fourth-order valence-corrected chi connectivity index (χ4v) is 2.04. The molecule has 0 aromatic heterocycles. The number of rotatable bonds is 8. The Bertz CT molecular complexity index is 528. The Hall–Kier alpha value is -2.21. The standard InChI is InChI=1S/C15H19NO5/c1-3-15(14(20)21,16-10(2)13(18)19)9-12(17)11-7-5-4-6-8-11/h4-8,10,16H,3,9H2,1-2H3,(H,18,19)(H,20,21). The summed E-state index contributed by atoms with van der Waals surface area (Å²) in [5.74, 6) is -2.74. The molecule has 6 heteroatoms. The highest BCUT2D eigenvalue weighted by molar-refractivity contribution is 6.00. The van der Waals surface area contributed by atoms with Gasteiger partial charge in [-0.25, -0.2) is 0 Å². The van der Waals surface area contributed by atoms with Gasteiger partial charge in [-0.1, -0.05) is 37.3 Å². The molecule has 3 N–H and O–H groups in total. The van der Waals surface area contributed by atoms with Gasteiger partial charge >= 0.3 is 11.9 Å². The van der Waals surface area contributed by atoms with Gasteiger partial charge in [0, 0.05) is 12.0 Å². The van der Waals surface area contributed by atoms with E-state index >= 15 is 0 Å². The lowest BCUT2D eigenvalue weighted by Crippen LogP contribution is -2.57. The number of Topliss-reactive ketones (excluding diaryl/α,β-unsaturated/α-hetero) is 1. The summed E-state index contributed by atoms with van der Waals surface area (Å²) in [7, 11) is 0. The third-order valence-corrected chi connectivity index (χ3v) is 3.43. The van der Waals surface area contributed by atoms with Crippen LogP contribution in [0.4, 0.5) is 0 Å². The van der Waals surface area contributed by atoms with Gasteiger partial charge in [0.1, 0.15) is 11.6 Å². The van der Waals surface area contributed by atoms with Gasteiger partial charge in [-0.3, -0.25) is 19.7 Å². The minimum Gasteiger partial charge on any atom is -0.480 e. The SMILES string of the molecule is CCC(CC(=O)c1ccccc1)(NC(C)C(=O)O)C(=O)O. The largest absolute Gasteiger partial charge is 0.480 e. The lowest BCUT2D eigenvalue weighted by molar-refractivity contribution is -0.147. The van der Waals surface area contributed by atoms with E-state index in [9.17, 15) is 19.5 Å². The van der Waals surface area contributed by atoms with Crippen LogP contribution in [0.2, 0.25) is 0 Å². The first-order valence-electron chi connectivity index (χ1n) is 6.64. The summed E-state index contributed by atoms with van der Waals surface area (Å²) >= 11 is 0. The predicted octanol–water partition coefficient (Wildman–Crippen LogP) is 1.56. The number of ketones is 1. The molecule has 2 unspecified atom stereocenters. The molecule has 1 aromatic rings. The summed E-state index contributed by atoms with van der Waals surface area (Å²) in [5.41, 5.74) is -1.19. The molecular weight excluding hydrogens is 274 g/mol. The molecule has 0 bridgehead atoms. The smallest absolute Gasteiger partial charge is 0.324 e. The Kier molecular flexibility index (Phi) is 5.60. The second-order valence-corrected chi connectivity index (χ2v) is 4.91. The Morgan fingerprint density at radius 1 is 1.19 bits per heavy atom. The minimum atomic E-state index is -1.59. The van der Waals surface area contributed by atoms with E-state index in [2.05, 4.69) is 5.32 Å². The van der Waals surface area contributed by atoms with Gasteiger partial charge in [-0.15, -0.1) is 0 Å². The molecule has 0 saturated heterocycles. The number of hydrogen-bond acceptors (Lipinski definition) is 4. The lowest BCUT2D eigenvalue weighted by Gasteiger charge is -2.30. The zero-order valence-electron chi connectivity index (χ0n) is 12.0. The van der Waals surface area contributed by atoms with Crippen LogP contribution in [-0.4, -0.2) is 39.5 Å². The molecule has 0 fully saturated rings. The molecule has 114 valence electrons. The predicted molar refractivity (Wildman–Crippen MR) is 76.3 cm³/mol. The van der Waals surface area contributed by atoms with Crippen LogP contribution in [0.3, 0.4) is 0 Å². The zero-order valence-corrected chi connectivity index (χ0v) is 12.0. The Morgan fingerprint density at radius 3 is 2.19 bits per heavy atom. The number of carbonyl (C=O) groups excluding carboxylic acids is 1. The number of carboxylic acid groups (broad SMARTS) is 2. The fourth-order valence-electron chi connectivity index (χ4n) is 2.04.